The fraction of sp³-hybridized carbons (Fsp3) is 0.357. The highest BCUT2D eigenvalue weighted by Crippen LogP contribution is 2.39. The minimum absolute atomic E-state index is 0.0322. The normalized spacial score (nSPS) is 16.4. The van der Waals surface area contributed by atoms with Gasteiger partial charge in [0.2, 0.25) is 5.65 Å². The first-order chi connectivity index (χ1) is 9.83. The molecule has 3 heterocycles. The second kappa shape index (κ2) is 4.33. The fourth-order valence-corrected chi connectivity index (χ4v) is 2.38. The predicted molar refractivity (Wildman–Crippen MR) is 73.5 cm³/mol. The van der Waals surface area contributed by atoms with Crippen molar-refractivity contribution in [2.75, 3.05) is 5.32 Å². The van der Waals surface area contributed by atoms with Crippen LogP contribution in [-0.4, -0.2) is 19.6 Å². The van der Waals surface area contributed by atoms with E-state index >= 15 is 0 Å². The smallest absolute Gasteiger partial charge is 0.203 e. The minimum atomic E-state index is 0.0322. The molecule has 6 heteroatoms. The molecule has 0 aromatic carbocycles. The van der Waals surface area contributed by atoms with Gasteiger partial charge in [-0.3, -0.25) is 4.40 Å². The summed E-state index contributed by atoms with van der Waals surface area (Å²) in [5.74, 6) is 3.20. The van der Waals surface area contributed by atoms with Gasteiger partial charge in [0.1, 0.15) is 11.6 Å². The molecule has 3 aromatic heterocycles. The largest absolute Gasteiger partial charge is 0.467 e. The van der Waals surface area contributed by atoms with Crippen molar-refractivity contribution in [3.8, 4) is 0 Å². The molecule has 3 aromatic rings. The van der Waals surface area contributed by atoms with Crippen LogP contribution in [0, 0.1) is 0 Å². The van der Waals surface area contributed by atoms with E-state index in [1.54, 1.807) is 12.5 Å². The van der Waals surface area contributed by atoms with E-state index in [2.05, 4.69) is 20.5 Å². The second-order valence-corrected chi connectivity index (χ2v) is 5.18. The van der Waals surface area contributed by atoms with Gasteiger partial charge in [-0.25, -0.2) is 4.98 Å². The van der Waals surface area contributed by atoms with Gasteiger partial charge in [0.25, 0.3) is 0 Å². The Kier molecular flexibility index (Phi) is 2.48. The standard InChI is InChI=1S/C14H15N5O/c1-9(11-3-2-8-20-11)16-12-14-18-17-13(10-4-5-10)19(14)7-6-15-12/h2-3,6-10H,4-5H2,1H3,(H,15,16). The van der Waals surface area contributed by atoms with Crippen LogP contribution < -0.4 is 5.32 Å². The number of hydrogen-bond acceptors (Lipinski definition) is 5. The zero-order valence-corrected chi connectivity index (χ0v) is 11.2. The number of hydrogen-bond donors (Lipinski definition) is 1. The Balaban J connectivity index is 1.69. The van der Waals surface area contributed by atoms with E-state index < -0.39 is 0 Å². The molecular weight excluding hydrogens is 254 g/mol. The van der Waals surface area contributed by atoms with Gasteiger partial charge in [0.05, 0.1) is 12.3 Å². The van der Waals surface area contributed by atoms with Crippen molar-refractivity contribution < 1.29 is 4.42 Å². The van der Waals surface area contributed by atoms with Gasteiger partial charge in [-0.05, 0) is 31.9 Å². The number of anilines is 1. The monoisotopic (exact) mass is 269 g/mol. The number of furan rings is 1. The molecule has 0 bridgehead atoms. The summed E-state index contributed by atoms with van der Waals surface area (Å²) in [6.07, 6.45) is 7.78. The lowest BCUT2D eigenvalue weighted by molar-refractivity contribution is 0.490. The van der Waals surface area contributed by atoms with Gasteiger partial charge in [0.15, 0.2) is 5.82 Å². The maximum absolute atomic E-state index is 5.40. The average Bonchev–Trinajstić information content (AvgIpc) is 3.00. The van der Waals surface area contributed by atoms with Crippen LogP contribution >= 0.6 is 0 Å². The summed E-state index contributed by atoms with van der Waals surface area (Å²) in [7, 11) is 0. The van der Waals surface area contributed by atoms with E-state index in [0.717, 1.165) is 23.0 Å². The molecule has 0 saturated heterocycles. The van der Waals surface area contributed by atoms with Crippen molar-refractivity contribution >= 4 is 11.5 Å². The summed E-state index contributed by atoms with van der Waals surface area (Å²) in [6, 6.07) is 3.85. The van der Waals surface area contributed by atoms with Crippen molar-refractivity contribution in [2.45, 2.75) is 31.7 Å². The molecule has 1 aliphatic rings. The van der Waals surface area contributed by atoms with Crippen LogP contribution in [-0.2, 0) is 0 Å². The van der Waals surface area contributed by atoms with Gasteiger partial charge < -0.3 is 9.73 Å². The molecule has 1 aliphatic carbocycles. The molecular formula is C14H15N5O. The van der Waals surface area contributed by atoms with E-state index in [0.29, 0.717) is 5.92 Å². The summed E-state index contributed by atoms with van der Waals surface area (Å²) in [6.45, 7) is 2.03. The predicted octanol–water partition coefficient (Wildman–Crippen LogP) is 2.77. The summed E-state index contributed by atoms with van der Waals surface area (Å²) in [5.41, 5.74) is 0.771. The first-order valence-electron chi connectivity index (χ1n) is 6.82. The lowest BCUT2D eigenvalue weighted by atomic mass is 10.2. The summed E-state index contributed by atoms with van der Waals surface area (Å²) in [5, 5.41) is 11.9. The van der Waals surface area contributed by atoms with E-state index in [1.807, 2.05) is 29.7 Å². The SMILES string of the molecule is CC(Nc1nccn2c(C3CC3)nnc12)c1ccco1. The van der Waals surface area contributed by atoms with Crippen LogP contribution in [0.2, 0.25) is 0 Å². The van der Waals surface area contributed by atoms with Crippen molar-refractivity contribution in [3.05, 3.63) is 42.4 Å². The molecule has 0 radical (unpaired) electrons. The first kappa shape index (κ1) is 11.5. The van der Waals surface area contributed by atoms with Crippen LogP contribution in [0.15, 0.2) is 35.2 Å². The zero-order valence-electron chi connectivity index (χ0n) is 11.2. The van der Waals surface area contributed by atoms with Gasteiger partial charge in [0, 0.05) is 18.3 Å². The molecule has 4 rings (SSSR count). The van der Waals surface area contributed by atoms with Gasteiger partial charge in [-0.1, -0.05) is 0 Å². The second-order valence-electron chi connectivity index (χ2n) is 5.18. The maximum Gasteiger partial charge on any atom is 0.203 e. The number of nitrogens with one attached hydrogen (secondary N) is 1. The molecule has 0 amide bonds. The van der Waals surface area contributed by atoms with Crippen molar-refractivity contribution in [3.63, 3.8) is 0 Å². The highest BCUT2D eigenvalue weighted by Gasteiger charge is 2.29. The van der Waals surface area contributed by atoms with Crippen LogP contribution in [0.4, 0.5) is 5.82 Å². The molecule has 6 nitrogen and oxygen atoms in total. The molecule has 102 valence electrons. The Labute approximate surface area is 115 Å². The molecule has 20 heavy (non-hydrogen) atoms. The maximum atomic E-state index is 5.40. The Bertz CT molecular complexity index is 729. The molecule has 1 atom stereocenters. The Morgan fingerprint density at radius 1 is 1.40 bits per heavy atom. The first-order valence-corrected chi connectivity index (χ1v) is 6.82. The van der Waals surface area contributed by atoms with Crippen LogP contribution in [0.5, 0.6) is 0 Å². The van der Waals surface area contributed by atoms with E-state index in [1.165, 1.54) is 12.8 Å². The average molecular weight is 269 g/mol. The van der Waals surface area contributed by atoms with E-state index in [9.17, 15) is 0 Å². The number of nitrogens with zero attached hydrogens (tertiary/aromatic N) is 4. The van der Waals surface area contributed by atoms with Crippen molar-refractivity contribution in [1.82, 2.24) is 19.6 Å². The van der Waals surface area contributed by atoms with Gasteiger partial charge in [-0.2, -0.15) is 0 Å². The molecule has 1 unspecified atom stereocenters. The quantitative estimate of drug-likeness (QED) is 0.788. The lowest BCUT2D eigenvalue weighted by Crippen LogP contribution is -2.08. The van der Waals surface area contributed by atoms with Gasteiger partial charge in [-0.15, -0.1) is 10.2 Å². The molecule has 1 N–H and O–H groups in total. The van der Waals surface area contributed by atoms with E-state index in [-0.39, 0.29) is 6.04 Å². The molecule has 1 fully saturated rings. The topological polar surface area (TPSA) is 68.2 Å². The number of rotatable bonds is 4. The summed E-state index contributed by atoms with van der Waals surface area (Å²) in [4.78, 5) is 4.37. The van der Waals surface area contributed by atoms with Crippen LogP contribution in [0.1, 0.15) is 43.3 Å². The van der Waals surface area contributed by atoms with Crippen molar-refractivity contribution in [2.24, 2.45) is 0 Å². The highest BCUT2D eigenvalue weighted by molar-refractivity contribution is 5.62. The van der Waals surface area contributed by atoms with Crippen LogP contribution in [0.3, 0.4) is 0 Å². The lowest BCUT2D eigenvalue weighted by Gasteiger charge is -2.12. The third kappa shape index (κ3) is 1.84. The minimum Gasteiger partial charge on any atom is -0.467 e. The van der Waals surface area contributed by atoms with Gasteiger partial charge >= 0.3 is 0 Å². The Morgan fingerprint density at radius 2 is 2.30 bits per heavy atom. The number of fused-ring (bicyclic) bond motifs is 1. The Hall–Kier alpha value is -2.37. The third-order valence-corrected chi connectivity index (χ3v) is 3.62. The highest BCUT2D eigenvalue weighted by atomic mass is 16.3. The third-order valence-electron chi connectivity index (χ3n) is 3.62. The van der Waals surface area contributed by atoms with Crippen molar-refractivity contribution in [1.29, 1.82) is 0 Å². The number of aromatic nitrogens is 4. The molecule has 0 spiro atoms. The summed E-state index contributed by atoms with van der Waals surface area (Å²) >= 11 is 0. The Morgan fingerprint density at radius 3 is 3.05 bits per heavy atom. The molecule has 0 aliphatic heterocycles. The van der Waals surface area contributed by atoms with E-state index in [4.69, 9.17) is 4.42 Å². The summed E-state index contributed by atoms with van der Waals surface area (Å²) < 4.78 is 7.43. The molecule has 1 saturated carbocycles. The fourth-order valence-electron chi connectivity index (χ4n) is 2.38. The van der Waals surface area contributed by atoms with Crippen LogP contribution in [0.25, 0.3) is 5.65 Å². The zero-order chi connectivity index (χ0) is 13.5.